The van der Waals surface area contributed by atoms with Gasteiger partial charge in [-0.3, -0.25) is 19.7 Å². The number of nitrogens with zero attached hydrogens (tertiary/aromatic N) is 2. The summed E-state index contributed by atoms with van der Waals surface area (Å²) < 4.78 is 35.2. The number of nitrogens with one attached hydrogen (secondary N) is 1. The van der Waals surface area contributed by atoms with Crippen LogP contribution in [0.5, 0.6) is 5.75 Å². The van der Waals surface area contributed by atoms with E-state index in [2.05, 4.69) is 5.43 Å². The van der Waals surface area contributed by atoms with E-state index in [1.165, 1.54) is 21.8 Å². The molecule has 0 bridgehead atoms. The molecule has 8 heteroatoms. The van der Waals surface area contributed by atoms with Crippen LogP contribution >= 0.6 is 0 Å². The summed E-state index contributed by atoms with van der Waals surface area (Å²) in [5.41, 5.74) is 2.44. The van der Waals surface area contributed by atoms with Crippen LogP contribution in [0.4, 0.5) is 8.78 Å². The SMILES string of the molecule is O=C1c2c(OCc3ccccc3)c(=O)ccn2N[C@@]23C[C@@H]2C(F)(F)CCN13. The summed E-state index contributed by atoms with van der Waals surface area (Å²) in [5.74, 6) is -4.23. The Balaban J connectivity index is 1.52. The molecule has 1 amide bonds. The first kappa shape index (κ1) is 16.3. The molecule has 27 heavy (non-hydrogen) atoms. The highest BCUT2D eigenvalue weighted by molar-refractivity contribution is 5.97. The molecule has 1 saturated heterocycles. The Morgan fingerprint density at radius 3 is 2.74 bits per heavy atom. The molecular formula is C19H17F2N3O3. The number of pyridine rings is 1. The van der Waals surface area contributed by atoms with E-state index < -0.39 is 28.8 Å². The van der Waals surface area contributed by atoms with Crippen molar-refractivity contribution < 1.29 is 18.3 Å². The minimum absolute atomic E-state index is 0.0555. The van der Waals surface area contributed by atoms with E-state index in [1.54, 1.807) is 0 Å². The predicted octanol–water partition coefficient (Wildman–Crippen LogP) is 2.18. The van der Waals surface area contributed by atoms with Crippen LogP contribution in [-0.2, 0) is 6.61 Å². The lowest BCUT2D eigenvalue weighted by atomic mass is 10.0. The third kappa shape index (κ3) is 2.28. The molecule has 2 aliphatic heterocycles. The van der Waals surface area contributed by atoms with Crippen molar-refractivity contribution in [2.45, 2.75) is 31.0 Å². The molecule has 1 aliphatic carbocycles. The van der Waals surface area contributed by atoms with Crippen molar-refractivity contribution in [2.75, 3.05) is 12.0 Å². The fourth-order valence-corrected chi connectivity index (χ4v) is 4.17. The smallest absolute Gasteiger partial charge is 0.278 e. The average Bonchev–Trinajstić information content (AvgIpc) is 3.38. The summed E-state index contributed by atoms with van der Waals surface area (Å²) in [6.45, 7) is 0.0722. The number of amides is 1. The summed E-state index contributed by atoms with van der Waals surface area (Å²) in [4.78, 5) is 26.9. The van der Waals surface area contributed by atoms with Crippen LogP contribution in [0.1, 0.15) is 28.9 Å². The molecule has 2 aromatic rings. The summed E-state index contributed by atoms with van der Waals surface area (Å²) in [6.07, 6.45) is 1.22. The number of aromatic nitrogens is 1. The van der Waals surface area contributed by atoms with Gasteiger partial charge in [0.15, 0.2) is 11.4 Å². The van der Waals surface area contributed by atoms with Gasteiger partial charge in [-0.1, -0.05) is 30.3 Å². The maximum absolute atomic E-state index is 14.1. The lowest BCUT2D eigenvalue weighted by molar-refractivity contribution is -0.0769. The average molecular weight is 373 g/mol. The minimum Gasteiger partial charge on any atom is -0.482 e. The van der Waals surface area contributed by atoms with E-state index >= 15 is 0 Å². The van der Waals surface area contributed by atoms with Crippen LogP contribution < -0.4 is 15.6 Å². The first-order valence-corrected chi connectivity index (χ1v) is 8.83. The molecule has 1 aromatic carbocycles. The zero-order chi connectivity index (χ0) is 18.8. The second-order valence-corrected chi connectivity index (χ2v) is 7.26. The molecule has 140 valence electrons. The zero-order valence-electron chi connectivity index (χ0n) is 14.3. The summed E-state index contributed by atoms with van der Waals surface area (Å²) >= 11 is 0. The minimum atomic E-state index is -2.80. The van der Waals surface area contributed by atoms with Crippen LogP contribution in [0.2, 0.25) is 0 Å². The number of rotatable bonds is 3. The number of piperidine rings is 1. The molecule has 1 aromatic heterocycles. The molecule has 1 N–H and O–H groups in total. The van der Waals surface area contributed by atoms with Gasteiger partial charge in [0, 0.05) is 31.6 Å². The standard InChI is InChI=1S/C19H17F2N3O3/c20-18(21)7-9-23-17(26)15-16(27-11-12-4-2-1-3-5-12)13(25)6-8-24(15)22-19(23)10-14(18)19/h1-6,8,14,22H,7,9-11H2/t14-,19-/m1/s1. The fourth-order valence-electron chi connectivity index (χ4n) is 4.17. The first-order chi connectivity index (χ1) is 12.9. The van der Waals surface area contributed by atoms with Gasteiger partial charge in [-0.2, -0.15) is 0 Å². The van der Waals surface area contributed by atoms with Crippen LogP contribution in [0.25, 0.3) is 0 Å². The number of ether oxygens (including phenoxy) is 1. The summed E-state index contributed by atoms with van der Waals surface area (Å²) in [6, 6.07) is 10.5. The highest BCUT2D eigenvalue weighted by Gasteiger charge is 2.74. The van der Waals surface area contributed by atoms with Gasteiger partial charge in [-0.05, 0) is 5.56 Å². The van der Waals surface area contributed by atoms with Gasteiger partial charge in [0.2, 0.25) is 5.43 Å². The highest BCUT2D eigenvalue weighted by atomic mass is 19.3. The number of carbonyl (C=O) groups is 1. The van der Waals surface area contributed by atoms with Crippen molar-refractivity contribution in [1.29, 1.82) is 0 Å². The Kier molecular flexibility index (Phi) is 3.20. The van der Waals surface area contributed by atoms with E-state index in [0.717, 1.165) is 5.56 Å². The van der Waals surface area contributed by atoms with E-state index in [0.29, 0.717) is 0 Å². The lowest BCUT2D eigenvalue weighted by Crippen LogP contribution is -2.61. The number of hydrogen-bond donors (Lipinski definition) is 1. The van der Waals surface area contributed by atoms with E-state index in [-0.39, 0.29) is 37.4 Å². The largest absolute Gasteiger partial charge is 0.482 e. The van der Waals surface area contributed by atoms with Crippen molar-refractivity contribution in [3.63, 3.8) is 0 Å². The highest BCUT2D eigenvalue weighted by Crippen LogP contribution is 2.60. The molecule has 1 saturated carbocycles. The van der Waals surface area contributed by atoms with Crippen LogP contribution in [0.3, 0.4) is 0 Å². The molecule has 1 spiro atoms. The Hall–Kier alpha value is -2.90. The number of alkyl halides is 2. The van der Waals surface area contributed by atoms with Crippen LogP contribution in [0, 0.1) is 5.92 Å². The van der Waals surface area contributed by atoms with Crippen LogP contribution in [0.15, 0.2) is 47.4 Å². The van der Waals surface area contributed by atoms with Gasteiger partial charge in [0.05, 0.1) is 5.92 Å². The Labute approximate surface area is 153 Å². The second-order valence-electron chi connectivity index (χ2n) is 7.26. The molecule has 0 unspecified atom stereocenters. The monoisotopic (exact) mass is 373 g/mol. The first-order valence-electron chi connectivity index (χ1n) is 8.83. The summed E-state index contributed by atoms with van der Waals surface area (Å²) in [5, 5.41) is 0. The van der Waals surface area contributed by atoms with Gasteiger partial charge in [-0.15, -0.1) is 0 Å². The number of fused-ring (bicyclic) bond motifs is 1. The maximum atomic E-state index is 14.1. The Bertz CT molecular complexity index is 991. The number of carbonyl (C=O) groups excluding carboxylic acids is 1. The van der Waals surface area contributed by atoms with Crippen molar-refractivity contribution >= 4 is 5.91 Å². The molecule has 2 fully saturated rings. The number of halogens is 2. The molecule has 0 radical (unpaired) electrons. The van der Waals surface area contributed by atoms with Crippen molar-refractivity contribution in [3.05, 3.63) is 64.1 Å². The molecule has 3 aliphatic rings. The predicted molar refractivity (Wildman–Crippen MR) is 92.3 cm³/mol. The third-order valence-corrected chi connectivity index (χ3v) is 5.63. The van der Waals surface area contributed by atoms with Gasteiger partial charge < -0.3 is 9.64 Å². The van der Waals surface area contributed by atoms with Crippen molar-refractivity contribution in [1.82, 2.24) is 9.58 Å². The number of hydrogen-bond acceptors (Lipinski definition) is 4. The van der Waals surface area contributed by atoms with Gasteiger partial charge >= 0.3 is 0 Å². The Morgan fingerprint density at radius 2 is 1.96 bits per heavy atom. The number of benzene rings is 1. The third-order valence-electron chi connectivity index (χ3n) is 5.63. The molecule has 5 rings (SSSR count). The fraction of sp³-hybridized carbons (Fsp3) is 0.368. The quantitative estimate of drug-likeness (QED) is 0.896. The normalized spacial score (nSPS) is 27.1. The second kappa shape index (κ2) is 5.31. The Morgan fingerprint density at radius 1 is 1.19 bits per heavy atom. The zero-order valence-corrected chi connectivity index (χ0v) is 14.3. The molecule has 6 nitrogen and oxygen atoms in total. The van der Waals surface area contributed by atoms with Gasteiger partial charge in [-0.25, -0.2) is 8.78 Å². The van der Waals surface area contributed by atoms with Gasteiger partial charge in [0.1, 0.15) is 12.3 Å². The van der Waals surface area contributed by atoms with E-state index in [9.17, 15) is 18.4 Å². The molecule has 2 atom stereocenters. The lowest BCUT2D eigenvalue weighted by Gasteiger charge is -2.44. The topological polar surface area (TPSA) is 63.6 Å². The molecule has 3 heterocycles. The van der Waals surface area contributed by atoms with E-state index in [4.69, 9.17) is 4.74 Å². The van der Waals surface area contributed by atoms with Crippen molar-refractivity contribution in [2.24, 2.45) is 5.92 Å². The van der Waals surface area contributed by atoms with Gasteiger partial charge in [0.25, 0.3) is 11.8 Å². The molecular weight excluding hydrogens is 356 g/mol. The summed E-state index contributed by atoms with van der Waals surface area (Å²) in [7, 11) is 0. The van der Waals surface area contributed by atoms with Crippen LogP contribution in [-0.4, -0.2) is 33.6 Å². The van der Waals surface area contributed by atoms with Crippen molar-refractivity contribution in [3.8, 4) is 5.75 Å². The maximum Gasteiger partial charge on any atom is 0.278 e. The van der Waals surface area contributed by atoms with E-state index in [1.807, 2.05) is 30.3 Å².